The SMILES string of the molecule is Ic1noc(C2CCOC2)n1. The van der Waals surface area contributed by atoms with Crippen molar-refractivity contribution in [2.24, 2.45) is 0 Å². The minimum Gasteiger partial charge on any atom is -0.381 e. The maximum atomic E-state index is 5.19. The minimum atomic E-state index is 0.325. The van der Waals surface area contributed by atoms with Crippen molar-refractivity contribution in [3.8, 4) is 0 Å². The molecule has 1 saturated heterocycles. The molecule has 5 heteroatoms. The zero-order chi connectivity index (χ0) is 7.68. The normalized spacial score (nSPS) is 24.3. The molecule has 60 valence electrons. The summed E-state index contributed by atoms with van der Waals surface area (Å²) in [5.74, 6) is 1.04. The van der Waals surface area contributed by atoms with Crippen molar-refractivity contribution in [1.82, 2.24) is 10.1 Å². The summed E-state index contributed by atoms with van der Waals surface area (Å²) in [7, 11) is 0. The van der Waals surface area contributed by atoms with Gasteiger partial charge >= 0.3 is 0 Å². The summed E-state index contributed by atoms with van der Waals surface area (Å²) >= 11 is 2.03. The fourth-order valence-corrected chi connectivity index (χ4v) is 1.45. The van der Waals surface area contributed by atoms with Crippen molar-refractivity contribution < 1.29 is 9.26 Å². The Bertz CT molecular complexity index is 244. The van der Waals surface area contributed by atoms with Crippen LogP contribution in [0.15, 0.2) is 4.52 Å². The molecule has 0 spiro atoms. The third kappa shape index (κ3) is 1.53. The summed E-state index contributed by atoms with van der Waals surface area (Å²) in [6, 6.07) is 0. The van der Waals surface area contributed by atoms with Crippen LogP contribution in [-0.4, -0.2) is 23.4 Å². The molecular weight excluding hydrogens is 259 g/mol. The van der Waals surface area contributed by atoms with Crippen LogP contribution in [0.5, 0.6) is 0 Å². The van der Waals surface area contributed by atoms with E-state index in [1.165, 1.54) is 0 Å². The van der Waals surface area contributed by atoms with Crippen molar-refractivity contribution in [3.63, 3.8) is 0 Å². The van der Waals surface area contributed by atoms with Crippen LogP contribution < -0.4 is 0 Å². The molecule has 0 radical (unpaired) electrons. The van der Waals surface area contributed by atoms with Gasteiger partial charge in [0.25, 0.3) is 0 Å². The second-order valence-corrected chi connectivity index (χ2v) is 3.43. The number of halogens is 1. The summed E-state index contributed by atoms with van der Waals surface area (Å²) < 4.78 is 10.9. The van der Waals surface area contributed by atoms with Crippen LogP contribution in [0.3, 0.4) is 0 Å². The lowest BCUT2D eigenvalue weighted by Crippen LogP contribution is -1.97. The molecule has 4 nitrogen and oxygen atoms in total. The third-order valence-electron chi connectivity index (χ3n) is 1.70. The molecule has 1 fully saturated rings. The lowest BCUT2D eigenvalue weighted by molar-refractivity contribution is 0.189. The highest BCUT2D eigenvalue weighted by Crippen LogP contribution is 2.23. The smallest absolute Gasteiger partial charge is 0.232 e. The van der Waals surface area contributed by atoms with Gasteiger partial charge in [0.05, 0.1) is 12.5 Å². The Balaban J connectivity index is 2.15. The second kappa shape index (κ2) is 3.06. The van der Waals surface area contributed by atoms with Crippen LogP contribution in [0.25, 0.3) is 0 Å². The Hall–Kier alpha value is -0.170. The number of rotatable bonds is 1. The first-order valence-corrected chi connectivity index (χ1v) is 4.51. The molecule has 1 unspecified atom stereocenters. The molecule has 2 heterocycles. The van der Waals surface area contributed by atoms with E-state index in [1.807, 2.05) is 22.6 Å². The second-order valence-electron chi connectivity index (χ2n) is 2.46. The number of hydrogen-bond acceptors (Lipinski definition) is 4. The first-order valence-electron chi connectivity index (χ1n) is 3.43. The fraction of sp³-hybridized carbons (Fsp3) is 0.667. The van der Waals surface area contributed by atoms with E-state index >= 15 is 0 Å². The molecule has 2 rings (SSSR count). The molecule has 0 N–H and O–H groups in total. The van der Waals surface area contributed by atoms with Gasteiger partial charge in [0.2, 0.25) is 9.72 Å². The lowest BCUT2D eigenvalue weighted by Gasteiger charge is -1.96. The van der Waals surface area contributed by atoms with Crippen LogP contribution in [0, 0.1) is 3.83 Å². The molecule has 11 heavy (non-hydrogen) atoms. The van der Waals surface area contributed by atoms with Crippen LogP contribution in [0.4, 0.5) is 0 Å². The fourth-order valence-electron chi connectivity index (χ4n) is 1.11. The van der Waals surface area contributed by atoms with E-state index in [1.54, 1.807) is 0 Å². The van der Waals surface area contributed by atoms with Crippen molar-refractivity contribution in [3.05, 3.63) is 9.72 Å². The molecule has 1 aliphatic heterocycles. The van der Waals surface area contributed by atoms with Crippen LogP contribution in [-0.2, 0) is 4.74 Å². The number of hydrogen-bond donors (Lipinski definition) is 0. The monoisotopic (exact) mass is 266 g/mol. The molecule has 1 aliphatic rings. The maximum absolute atomic E-state index is 5.19. The van der Waals surface area contributed by atoms with Gasteiger partial charge in [-0.15, -0.1) is 0 Å². The zero-order valence-corrected chi connectivity index (χ0v) is 7.95. The highest BCUT2D eigenvalue weighted by Gasteiger charge is 2.23. The molecule has 0 saturated carbocycles. The van der Waals surface area contributed by atoms with Gasteiger partial charge in [-0.1, -0.05) is 5.16 Å². The van der Waals surface area contributed by atoms with Crippen molar-refractivity contribution in [1.29, 1.82) is 0 Å². The number of aromatic nitrogens is 2. The van der Waals surface area contributed by atoms with E-state index in [4.69, 9.17) is 9.26 Å². The number of ether oxygens (including phenoxy) is 1. The summed E-state index contributed by atoms with van der Waals surface area (Å²) in [4.78, 5) is 4.12. The summed E-state index contributed by atoms with van der Waals surface area (Å²) in [6.07, 6.45) is 0.998. The van der Waals surface area contributed by atoms with E-state index < -0.39 is 0 Å². The molecule has 0 amide bonds. The third-order valence-corrected chi connectivity index (χ3v) is 2.13. The summed E-state index contributed by atoms with van der Waals surface area (Å²) in [6.45, 7) is 1.53. The Kier molecular flexibility index (Phi) is 2.08. The Morgan fingerprint density at radius 3 is 3.00 bits per heavy atom. The largest absolute Gasteiger partial charge is 0.381 e. The number of nitrogens with zero attached hydrogens (tertiary/aromatic N) is 2. The molecule has 1 atom stereocenters. The van der Waals surface area contributed by atoms with E-state index in [0.29, 0.717) is 15.6 Å². The van der Waals surface area contributed by atoms with Gasteiger partial charge in [-0.3, -0.25) is 0 Å². The first-order chi connectivity index (χ1) is 5.36. The van der Waals surface area contributed by atoms with E-state index in [9.17, 15) is 0 Å². The minimum absolute atomic E-state index is 0.325. The standard InChI is InChI=1S/C6H7IN2O2/c7-6-8-5(11-9-6)4-1-2-10-3-4/h4H,1-3H2. The van der Waals surface area contributed by atoms with Crippen molar-refractivity contribution in [2.75, 3.05) is 13.2 Å². The average molecular weight is 266 g/mol. The Morgan fingerprint density at radius 2 is 2.45 bits per heavy atom. The Morgan fingerprint density at radius 1 is 1.55 bits per heavy atom. The van der Waals surface area contributed by atoms with Crippen LogP contribution in [0.2, 0.25) is 0 Å². The predicted molar refractivity (Wildman–Crippen MR) is 45.2 cm³/mol. The average Bonchev–Trinajstić information content (AvgIpc) is 2.55. The van der Waals surface area contributed by atoms with E-state index in [2.05, 4.69) is 10.1 Å². The van der Waals surface area contributed by atoms with Gasteiger partial charge in [-0.2, -0.15) is 4.98 Å². The zero-order valence-electron chi connectivity index (χ0n) is 5.79. The maximum Gasteiger partial charge on any atom is 0.232 e. The van der Waals surface area contributed by atoms with Crippen molar-refractivity contribution >= 4 is 22.6 Å². The Labute approximate surface area is 77.4 Å². The lowest BCUT2D eigenvalue weighted by atomic mass is 10.1. The topological polar surface area (TPSA) is 48.2 Å². The first kappa shape index (κ1) is 7.48. The van der Waals surface area contributed by atoms with E-state index in [-0.39, 0.29) is 0 Å². The molecule has 1 aromatic heterocycles. The van der Waals surface area contributed by atoms with Crippen LogP contribution >= 0.6 is 22.6 Å². The van der Waals surface area contributed by atoms with Gasteiger partial charge in [-0.25, -0.2) is 0 Å². The predicted octanol–water partition coefficient (Wildman–Crippen LogP) is 1.18. The quantitative estimate of drug-likeness (QED) is 0.716. The van der Waals surface area contributed by atoms with Gasteiger partial charge < -0.3 is 9.26 Å². The molecular formula is C6H7IN2O2. The van der Waals surface area contributed by atoms with Crippen molar-refractivity contribution in [2.45, 2.75) is 12.3 Å². The molecule has 0 aliphatic carbocycles. The molecule has 1 aromatic rings. The van der Waals surface area contributed by atoms with Crippen LogP contribution in [0.1, 0.15) is 18.2 Å². The van der Waals surface area contributed by atoms with Gasteiger partial charge in [0.15, 0.2) is 0 Å². The van der Waals surface area contributed by atoms with Gasteiger partial charge in [-0.05, 0) is 6.42 Å². The highest BCUT2D eigenvalue weighted by atomic mass is 127. The van der Waals surface area contributed by atoms with E-state index in [0.717, 1.165) is 19.6 Å². The molecule has 0 bridgehead atoms. The summed E-state index contributed by atoms with van der Waals surface area (Å²) in [5.41, 5.74) is 0. The highest BCUT2D eigenvalue weighted by molar-refractivity contribution is 14.1. The summed E-state index contributed by atoms with van der Waals surface area (Å²) in [5, 5.41) is 3.71. The van der Waals surface area contributed by atoms with Gasteiger partial charge in [0.1, 0.15) is 0 Å². The van der Waals surface area contributed by atoms with Gasteiger partial charge in [0, 0.05) is 29.2 Å². The molecule has 0 aromatic carbocycles.